The van der Waals surface area contributed by atoms with Gasteiger partial charge in [-0.25, -0.2) is 15.0 Å². The maximum absolute atomic E-state index is 10.5. The van der Waals surface area contributed by atoms with Crippen LogP contribution >= 0.6 is 0 Å². The summed E-state index contributed by atoms with van der Waals surface area (Å²) in [6, 6.07) is 9.69. The van der Waals surface area contributed by atoms with Crippen LogP contribution in [0.1, 0.15) is 25.0 Å². The summed E-state index contributed by atoms with van der Waals surface area (Å²) in [5.74, 6) is 3.41. The Morgan fingerprint density at radius 3 is 2.72 bits per heavy atom. The zero-order chi connectivity index (χ0) is 17.8. The van der Waals surface area contributed by atoms with E-state index >= 15 is 0 Å². The summed E-state index contributed by atoms with van der Waals surface area (Å²) < 4.78 is 1.85. The van der Waals surface area contributed by atoms with E-state index in [1.165, 1.54) is 6.33 Å². The molecule has 0 aliphatic carbocycles. The van der Waals surface area contributed by atoms with Gasteiger partial charge in [-0.3, -0.25) is 0 Å². The highest BCUT2D eigenvalue weighted by atomic mass is 16.3. The SMILES string of the molecule is C#CCC(C)N(C)c1ncnc2c1ncn2CC(O)c1ccccc1. The molecule has 0 spiro atoms. The fourth-order valence-corrected chi connectivity index (χ4v) is 2.74. The number of hydrogen-bond acceptors (Lipinski definition) is 5. The summed E-state index contributed by atoms with van der Waals surface area (Å²) in [4.78, 5) is 15.2. The molecule has 0 saturated carbocycles. The lowest BCUT2D eigenvalue weighted by Crippen LogP contribution is -2.29. The number of aromatic nitrogens is 4. The first-order chi connectivity index (χ1) is 12.1. The first-order valence-electron chi connectivity index (χ1n) is 8.17. The van der Waals surface area contributed by atoms with E-state index in [9.17, 15) is 5.11 Å². The predicted octanol–water partition coefficient (Wildman–Crippen LogP) is 2.41. The zero-order valence-corrected chi connectivity index (χ0v) is 14.4. The highest BCUT2D eigenvalue weighted by Gasteiger charge is 2.18. The van der Waals surface area contributed by atoms with Crippen molar-refractivity contribution in [2.75, 3.05) is 11.9 Å². The second kappa shape index (κ2) is 7.32. The average molecular weight is 335 g/mol. The van der Waals surface area contributed by atoms with Crippen molar-refractivity contribution in [3.8, 4) is 12.3 Å². The van der Waals surface area contributed by atoms with Crippen molar-refractivity contribution in [1.82, 2.24) is 19.5 Å². The van der Waals surface area contributed by atoms with E-state index in [4.69, 9.17) is 6.42 Å². The highest BCUT2D eigenvalue weighted by molar-refractivity contribution is 5.83. The van der Waals surface area contributed by atoms with Crippen molar-refractivity contribution in [2.24, 2.45) is 0 Å². The molecule has 2 heterocycles. The van der Waals surface area contributed by atoms with E-state index in [1.807, 2.05) is 53.8 Å². The fourth-order valence-electron chi connectivity index (χ4n) is 2.74. The van der Waals surface area contributed by atoms with Crippen LogP contribution in [0.3, 0.4) is 0 Å². The Hall–Kier alpha value is -2.91. The van der Waals surface area contributed by atoms with Crippen LogP contribution in [0, 0.1) is 12.3 Å². The topological polar surface area (TPSA) is 67.1 Å². The molecular weight excluding hydrogens is 314 g/mol. The number of imidazole rings is 1. The molecule has 25 heavy (non-hydrogen) atoms. The number of fused-ring (bicyclic) bond motifs is 1. The van der Waals surface area contributed by atoms with E-state index in [2.05, 4.69) is 20.9 Å². The Morgan fingerprint density at radius 2 is 2.00 bits per heavy atom. The first-order valence-corrected chi connectivity index (χ1v) is 8.17. The Balaban J connectivity index is 1.90. The van der Waals surface area contributed by atoms with Crippen LogP contribution < -0.4 is 4.90 Å². The molecule has 3 rings (SSSR count). The van der Waals surface area contributed by atoms with Gasteiger partial charge < -0.3 is 14.6 Å². The molecule has 0 radical (unpaired) electrons. The minimum absolute atomic E-state index is 0.142. The summed E-state index contributed by atoms with van der Waals surface area (Å²) in [6.07, 6.45) is 8.61. The van der Waals surface area contributed by atoms with E-state index < -0.39 is 6.10 Å². The molecule has 2 aromatic heterocycles. The molecule has 3 aromatic rings. The molecule has 128 valence electrons. The van der Waals surface area contributed by atoms with Crippen molar-refractivity contribution in [3.05, 3.63) is 48.5 Å². The minimum Gasteiger partial charge on any atom is -0.387 e. The number of rotatable bonds is 6. The van der Waals surface area contributed by atoms with E-state index in [-0.39, 0.29) is 6.04 Å². The third-order valence-electron chi connectivity index (χ3n) is 4.34. The Bertz CT molecular complexity index is 884. The molecule has 0 fully saturated rings. The number of terminal acetylenes is 1. The van der Waals surface area contributed by atoms with Gasteiger partial charge in [0.1, 0.15) is 6.33 Å². The van der Waals surface area contributed by atoms with Crippen molar-refractivity contribution in [3.63, 3.8) is 0 Å². The van der Waals surface area contributed by atoms with Gasteiger partial charge in [0, 0.05) is 19.5 Å². The molecule has 1 N–H and O–H groups in total. The number of benzene rings is 1. The van der Waals surface area contributed by atoms with Gasteiger partial charge in [0.05, 0.1) is 19.0 Å². The lowest BCUT2D eigenvalue weighted by atomic mass is 10.1. The van der Waals surface area contributed by atoms with E-state index in [0.29, 0.717) is 24.1 Å². The lowest BCUT2D eigenvalue weighted by molar-refractivity contribution is 0.157. The van der Waals surface area contributed by atoms with Crippen LogP contribution in [-0.2, 0) is 6.54 Å². The van der Waals surface area contributed by atoms with Crippen LogP contribution in [0.25, 0.3) is 11.2 Å². The lowest BCUT2D eigenvalue weighted by Gasteiger charge is -2.24. The second-order valence-corrected chi connectivity index (χ2v) is 6.06. The molecule has 0 aliphatic heterocycles. The molecule has 0 amide bonds. The third-order valence-corrected chi connectivity index (χ3v) is 4.34. The van der Waals surface area contributed by atoms with Crippen molar-refractivity contribution in [1.29, 1.82) is 0 Å². The van der Waals surface area contributed by atoms with E-state index in [0.717, 1.165) is 11.4 Å². The Labute approximate surface area is 147 Å². The van der Waals surface area contributed by atoms with Gasteiger partial charge in [-0.05, 0) is 12.5 Å². The normalized spacial score (nSPS) is 13.4. The summed E-state index contributed by atoms with van der Waals surface area (Å²) in [6.45, 7) is 2.42. The molecule has 6 nitrogen and oxygen atoms in total. The van der Waals surface area contributed by atoms with Gasteiger partial charge in [0.2, 0.25) is 0 Å². The molecular formula is C19H21N5O. The van der Waals surface area contributed by atoms with Gasteiger partial charge in [0.15, 0.2) is 17.0 Å². The molecule has 0 aliphatic rings. The van der Waals surface area contributed by atoms with Gasteiger partial charge >= 0.3 is 0 Å². The number of nitrogens with zero attached hydrogens (tertiary/aromatic N) is 5. The summed E-state index contributed by atoms with van der Waals surface area (Å²) >= 11 is 0. The van der Waals surface area contributed by atoms with Crippen LogP contribution in [-0.4, -0.2) is 37.7 Å². The van der Waals surface area contributed by atoms with Crippen LogP contribution in [0.4, 0.5) is 5.82 Å². The smallest absolute Gasteiger partial charge is 0.165 e. The monoisotopic (exact) mass is 335 g/mol. The first kappa shape index (κ1) is 16.9. The van der Waals surface area contributed by atoms with Crippen LogP contribution in [0.15, 0.2) is 43.0 Å². The molecule has 0 bridgehead atoms. The van der Waals surface area contributed by atoms with Gasteiger partial charge in [0.25, 0.3) is 0 Å². The molecule has 6 heteroatoms. The molecule has 2 atom stereocenters. The molecule has 1 aromatic carbocycles. The highest BCUT2D eigenvalue weighted by Crippen LogP contribution is 2.24. The minimum atomic E-state index is -0.630. The van der Waals surface area contributed by atoms with Gasteiger partial charge in [-0.1, -0.05) is 30.3 Å². The van der Waals surface area contributed by atoms with Crippen LogP contribution in [0.5, 0.6) is 0 Å². The summed E-state index contributed by atoms with van der Waals surface area (Å²) in [7, 11) is 1.95. The predicted molar refractivity (Wildman–Crippen MR) is 98.0 cm³/mol. The van der Waals surface area contributed by atoms with Crippen molar-refractivity contribution < 1.29 is 5.11 Å². The average Bonchev–Trinajstić information content (AvgIpc) is 3.05. The van der Waals surface area contributed by atoms with Crippen molar-refractivity contribution >= 4 is 17.0 Å². The molecule has 2 unspecified atom stereocenters. The Kier molecular flexibility index (Phi) is 4.96. The van der Waals surface area contributed by atoms with Gasteiger partial charge in [-0.15, -0.1) is 12.3 Å². The van der Waals surface area contributed by atoms with E-state index in [1.54, 1.807) is 6.33 Å². The maximum atomic E-state index is 10.5. The standard InChI is InChI=1S/C19H21N5O/c1-4-8-14(2)23(3)18-17-19(21-12-20-18)24(13-22-17)11-16(25)15-9-6-5-7-10-15/h1,5-7,9-10,12-14,16,25H,8,11H2,2-3H3. The number of aliphatic hydroxyl groups excluding tert-OH is 1. The number of hydrogen-bond donors (Lipinski definition) is 1. The quantitative estimate of drug-likeness (QED) is 0.701. The van der Waals surface area contributed by atoms with Crippen LogP contribution in [0.2, 0.25) is 0 Å². The van der Waals surface area contributed by atoms with Gasteiger partial charge in [-0.2, -0.15) is 0 Å². The number of aliphatic hydroxyl groups is 1. The third kappa shape index (κ3) is 3.47. The summed E-state index contributed by atoms with van der Waals surface area (Å²) in [5, 5.41) is 10.5. The largest absolute Gasteiger partial charge is 0.387 e. The fraction of sp³-hybridized carbons (Fsp3) is 0.316. The zero-order valence-electron chi connectivity index (χ0n) is 14.4. The summed E-state index contributed by atoms with van der Waals surface area (Å²) in [5.41, 5.74) is 2.26. The second-order valence-electron chi connectivity index (χ2n) is 6.06. The Morgan fingerprint density at radius 1 is 1.24 bits per heavy atom. The number of anilines is 1. The molecule has 0 saturated heterocycles. The van der Waals surface area contributed by atoms with Crippen molar-refractivity contribution in [2.45, 2.75) is 32.0 Å². The maximum Gasteiger partial charge on any atom is 0.165 e.